The van der Waals surface area contributed by atoms with Gasteiger partial charge in [0.15, 0.2) is 0 Å². The topological polar surface area (TPSA) is 24.9 Å². The summed E-state index contributed by atoms with van der Waals surface area (Å²) in [6, 6.07) is 45.2. The molecule has 0 radical (unpaired) electrons. The Morgan fingerprint density at radius 3 is 1.13 bits per heavy atom. The number of hydrogen-bond donors (Lipinski definition) is 1. The molecule has 6 rings (SSSR count). The molecule has 2 nitrogen and oxygen atoms in total. The Kier molecular flexibility index (Phi) is 17.2. The van der Waals surface area contributed by atoms with Gasteiger partial charge in [0.1, 0.15) is 0 Å². The van der Waals surface area contributed by atoms with Crippen LogP contribution in [0.1, 0.15) is 76.0 Å². The second-order valence-electron chi connectivity index (χ2n) is 15.5. The molecule has 0 aliphatic heterocycles. The summed E-state index contributed by atoms with van der Waals surface area (Å²) >= 11 is 0. The quantitative estimate of drug-likeness (QED) is 0.0980. The van der Waals surface area contributed by atoms with Gasteiger partial charge in [0.05, 0.1) is 5.69 Å². The Morgan fingerprint density at radius 1 is 0.455 bits per heavy atom. The molecule has 0 saturated carbocycles. The predicted octanol–water partition coefficient (Wildman–Crippen LogP) is 11.3. The molecule has 2 atom stereocenters. The molecular weight excluding hydrogens is 792 g/mol. The van der Waals surface area contributed by atoms with Crippen molar-refractivity contribution in [3.05, 3.63) is 183 Å². The molecule has 1 heterocycles. The van der Waals surface area contributed by atoms with Crippen LogP contribution >= 0.6 is 15.8 Å². The summed E-state index contributed by atoms with van der Waals surface area (Å²) in [6.07, 6.45) is 3.02. The van der Waals surface area contributed by atoms with Gasteiger partial charge in [0.25, 0.3) is 0 Å². The van der Waals surface area contributed by atoms with Crippen molar-refractivity contribution in [2.75, 3.05) is 0 Å². The molecule has 0 amide bonds. The monoisotopic (exact) mass is 852 g/mol. The predicted molar refractivity (Wildman–Crippen MR) is 241 cm³/mol. The molecule has 288 valence electrons. The van der Waals surface area contributed by atoms with E-state index in [1.807, 2.05) is 30.5 Å². The minimum absolute atomic E-state index is 0. The molecule has 1 aromatic heterocycles. The fourth-order valence-electron chi connectivity index (χ4n) is 7.81. The SMILES string of the molecule is Cc1cc(C)cc(P(c2cc(C)cc(C)c2)[C@@H](C)C[C@H](C)P(c2cc(C)cc(C)c2)c2cc(C)cc(C)c2)c1.[Ru].c1ccc(CNCc2ccccn2)cc1. The zero-order chi connectivity index (χ0) is 38.8. The van der Waals surface area contributed by atoms with Crippen molar-refractivity contribution in [3.63, 3.8) is 0 Å². The second kappa shape index (κ2) is 21.3. The van der Waals surface area contributed by atoms with Crippen LogP contribution in [-0.4, -0.2) is 16.3 Å². The standard InChI is InChI=1S/C37H46P2.C13H14N2.Ru/c1-24-11-25(2)16-34(15-24)38(35-17-26(3)12-27(4)18-35)32(9)23-33(10)39(36-19-28(5)13-29(6)20-36)37-21-30(7)14-31(8)22-37;1-2-6-12(7-3-1)10-14-11-13-8-4-5-9-15-13;/h11-22,32-33H,23H2,1-10H3;1-9,14H,10-11H2;/t32-,33-;;/m0../s1. The van der Waals surface area contributed by atoms with E-state index in [0.29, 0.717) is 11.3 Å². The Morgan fingerprint density at radius 2 is 0.800 bits per heavy atom. The number of nitrogens with one attached hydrogen (secondary N) is 1. The molecule has 5 heteroatoms. The van der Waals surface area contributed by atoms with Crippen molar-refractivity contribution in [2.24, 2.45) is 0 Å². The van der Waals surface area contributed by atoms with Gasteiger partial charge in [-0.3, -0.25) is 4.98 Å². The molecule has 0 aliphatic carbocycles. The maximum atomic E-state index is 4.25. The van der Waals surface area contributed by atoms with Gasteiger partial charge in [-0.2, -0.15) is 0 Å². The Bertz CT molecular complexity index is 1780. The van der Waals surface area contributed by atoms with E-state index in [1.165, 1.54) is 77.7 Å². The fourth-order valence-corrected chi connectivity index (χ4v) is 14.4. The van der Waals surface area contributed by atoms with Gasteiger partial charge in [0, 0.05) is 38.8 Å². The van der Waals surface area contributed by atoms with Gasteiger partial charge < -0.3 is 5.32 Å². The van der Waals surface area contributed by atoms with E-state index in [-0.39, 0.29) is 19.5 Å². The van der Waals surface area contributed by atoms with Crippen molar-refractivity contribution in [2.45, 2.75) is 100 Å². The molecule has 0 bridgehead atoms. The molecular formula is C50H60N2P2Ru. The van der Waals surface area contributed by atoms with Crippen LogP contribution in [0, 0.1) is 55.4 Å². The van der Waals surface area contributed by atoms with E-state index < -0.39 is 15.8 Å². The summed E-state index contributed by atoms with van der Waals surface area (Å²) in [5.74, 6) is 0. The zero-order valence-electron chi connectivity index (χ0n) is 34.6. The molecule has 0 saturated heterocycles. The zero-order valence-corrected chi connectivity index (χ0v) is 38.1. The average Bonchev–Trinajstić information content (AvgIpc) is 3.08. The third-order valence-electron chi connectivity index (χ3n) is 9.71. The second-order valence-corrected chi connectivity index (χ2v) is 20.8. The Balaban J connectivity index is 0.000000351. The molecule has 1 N–H and O–H groups in total. The van der Waals surface area contributed by atoms with E-state index in [1.54, 1.807) is 0 Å². The Labute approximate surface area is 348 Å². The van der Waals surface area contributed by atoms with Gasteiger partial charge in [0.2, 0.25) is 0 Å². The van der Waals surface area contributed by atoms with Crippen LogP contribution in [-0.2, 0) is 32.6 Å². The van der Waals surface area contributed by atoms with E-state index in [9.17, 15) is 0 Å². The van der Waals surface area contributed by atoms with Crippen LogP contribution in [0.3, 0.4) is 0 Å². The molecule has 5 aromatic carbocycles. The van der Waals surface area contributed by atoms with Gasteiger partial charge in [-0.15, -0.1) is 0 Å². The van der Waals surface area contributed by atoms with Crippen LogP contribution in [0.2, 0.25) is 0 Å². The molecule has 6 aromatic rings. The van der Waals surface area contributed by atoms with E-state index in [4.69, 9.17) is 0 Å². The van der Waals surface area contributed by atoms with Crippen LogP contribution < -0.4 is 26.5 Å². The number of nitrogens with zero attached hydrogens (tertiary/aromatic N) is 1. The molecule has 55 heavy (non-hydrogen) atoms. The van der Waals surface area contributed by atoms with Gasteiger partial charge >= 0.3 is 0 Å². The summed E-state index contributed by atoms with van der Waals surface area (Å²) in [5.41, 5.74) is 14.5. The third-order valence-corrected chi connectivity index (χ3v) is 15.1. The van der Waals surface area contributed by atoms with Crippen molar-refractivity contribution in [1.82, 2.24) is 10.3 Å². The first-order valence-electron chi connectivity index (χ1n) is 19.4. The van der Waals surface area contributed by atoms with Gasteiger partial charge in [-0.25, -0.2) is 0 Å². The normalized spacial score (nSPS) is 12.1. The van der Waals surface area contributed by atoms with Crippen LogP contribution in [0.15, 0.2) is 128 Å². The minimum Gasteiger partial charge on any atom is -0.307 e. The minimum atomic E-state index is -0.487. The average molecular weight is 852 g/mol. The van der Waals surface area contributed by atoms with Crippen molar-refractivity contribution in [3.8, 4) is 0 Å². The smallest absolute Gasteiger partial charge is 0.0541 e. The first kappa shape index (κ1) is 44.4. The van der Waals surface area contributed by atoms with Crippen LogP contribution in [0.4, 0.5) is 0 Å². The Hall–Kier alpha value is -3.31. The molecule has 0 unspecified atom stereocenters. The summed E-state index contributed by atoms with van der Waals surface area (Å²) < 4.78 is 0. The van der Waals surface area contributed by atoms with Crippen molar-refractivity contribution in [1.29, 1.82) is 0 Å². The number of hydrogen-bond acceptors (Lipinski definition) is 2. The largest absolute Gasteiger partial charge is 0.307 e. The first-order valence-corrected chi connectivity index (χ1v) is 22.2. The molecule has 0 aliphatic rings. The van der Waals surface area contributed by atoms with E-state index in [0.717, 1.165) is 18.8 Å². The maximum absolute atomic E-state index is 4.25. The van der Waals surface area contributed by atoms with Crippen LogP contribution in [0.25, 0.3) is 0 Å². The summed E-state index contributed by atoms with van der Waals surface area (Å²) in [6.45, 7) is 24.7. The summed E-state index contributed by atoms with van der Waals surface area (Å²) in [4.78, 5) is 4.25. The first-order chi connectivity index (χ1) is 25.8. The number of benzene rings is 5. The fraction of sp³-hybridized carbons (Fsp3) is 0.300. The molecule has 0 fully saturated rings. The summed E-state index contributed by atoms with van der Waals surface area (Å²) in [5, 5.41) is 9.45. The van der Waals surface area contributed by atoms with Crippen molar-refractivity contribution >= 4 is 37.1 Å². The summed E-state index contributed by atoms with van der Waals surface area (Å²) in [7, 11) is -0.973. The molecule has 0 spiro atoms. The number of pyridine rings is 1. The third kappa shape index (κ3) is 13.4. The number of aromatic nitrogens is 1. The van der Waals surface area contributed by atoms with E-state index >= 15 is 0 Å². The maximum Gasteiger partial charge on any atom is 0.0541 e. The number of aryl methyl sites for hydroxylation is 8. The van der Waals surface area contributed by atoms with Gasteiger partial charge in [-0.1, -0.05) is 168 Å². The van der Waals surface area contributed by atoms with Gasteiger partial charge in [-0.05, 0) is 128 Å². The van der Waals surface area contributed by atoms with Crippen LogP contribution in [0.5, 0.6) is 0 Å². The number of rotatable bonds is 12. The van der Waals surface area contributed by atoms with E-state index in [2.05, 4.69) is 177 Å². The van der Waals surface area contributed by atoms with Crippen molar-refractivity contribution < 1.29 is 19.5 Å².